The molecule has 2 aromatic rings. The van der Waals surface area contributed by atoms with Crippen LogP contribution in [0.15, 0.2) is 42.5 Å². The molecule has 1 aliphatic carbocycles. The summed E-state index contributed by atoms with van der Waals surface area (Å²) in [5.74, 6) is 2.45. The average Bonchev–Trinajstić information content (AvgIpc) is 3.24. The van der Waals surface area contributed by atoms with Gasteiger partial charge in [0, 0.05) is 18.3 Å². The number of fused-ring (bicyclic) bond motifs is 1. The summed E-state index contributed by atoms with van der Waals surface area (Å²) >= 11 is 0. The zero-order chi connectivity index (χ0) is 13.4. The van der Waals surface area contributed by atoms with E-state index >= 15 is 0 Å². The van der Waals surface area contributed by atoms with Gasteiger partial charge in [0.15, 0.2) is 11.5 Å². The van der Waals surface area contributed by atoms with Crippen molar-refractivity contribution < 1.29 is 9.47 Å². The third-order valence-electron chi connectivity index (χ3n) is 3.87. The first-order chi connectivity index (χ1) is 9.88. The van der Waals surface area contributed by atoms with Gasteiger partial charge < -0.3 is 14.8 Å². The Balaban J connectivity index is 1.46. The lowest BCUT2D eigenvalue weighted by Crippen LogP contribution is -1.99. The molecule has 102 valence electrons. The van der Waals surface area contributed by atoms with Crippen LogP contribution in [-0.2, 0) is 6.54 Å². The summed E-state index contributed by atoms with van der Waals surface area (Å²) in [7, 11) is 0. The van der Waals surface area contributed by atoms with Crippen LogP contribution >= 0.6 is 0 Å². The van der Waals surface area contributed by atoms with Gasteiger partial charge in [-0.25, -0.2) is 0 Å². The lowest BCUT2D eigenvalue weighted by molar-refractivity contribution is 0.174. The standard InChI is InChI=1S/C17H17NO2/c1-2-12(8-14(3-1)13-4-5-13)10-18-15-6-7-16-17(9-15)20-11-19-16/h1-3,6-9,13,18H,4-5,10-11H2. The molecule has 1 heterocycles. The molecule has 0 amide bonds. The summed E-state index contributed by atoms with van der Waals surface area (Å²) in [6, 6.07) is 14.9. The highest BCUT2D eigenvalue weighted by Gasteiger charge is 2.23. The average molecular weight is 267 g/mol. The molecular formula is C17H17NO2. The monoisotopic (exact) mass is 267 g/mol. The molecule has 2 aliphatic rings. The highest BCUT2D eigenvalue weighted by molar-refractivity contribution is 5.55. The number of hydrogen-bond acceptors (Lipinski definition) is 3. The van der Waals surface area contributed by atoms with Gasteiger partial charge in [-0.15, -0.1) is 0 Å². The lowest BCUT2D eigenvalue weighted by Gasteiger charge is -2.08. The normalized spacial score (nSPS) is 16.2. The third-order valence-corrected chi connectivity index (χ3v) is 3.87. The number of hydrogen-bond donors (Lipinski definition) is 1. The number of ether oxygens (including phenoxy) is 2. The summed E-state index contributed by atoms with van der Waals surface area (Å²) in [5.41, 5.74) is 3.87. The van der Waals surface area contributed by atoms with Crippen LogP contribution in [0.3, 0.4) is 0 Å². The fourth-order valence-corrected chi connectivity index (χ4v) is 2.58. The van der Waals surface area contributed by atoms with E-state index in [1.54, 1.807) is 0 Å². The van der Waals surface area contributed by atoms with E-state index in [4.69, 9.17) is 9.47 Å². The Bertz CT molecular complexity index is 635. The molecule has 0 atom stereocenters. The van der Waals surface area contributed by atoms with Gasteiger partial charge in [-0.05, 0) is 42.0 Å². The van der Waals surface area contributed by atoms with Gasteiger partial charge >= 0.3 is 0 Å². The Morgan fingerprint density at radius 1 is 1.00 bits per heavy atom. The Morgan fingerprint density at radius 2 is 1.90 bits per heavy atom. The number of rotatable bonds is 4. The van der Waals surface area contributed by atoms with Crippen LogP contribution in [0, 0.1) is 0 Å². The fourth-order valence-electron chi connectivity index (χ4n) is 2.58. The fraction of sp³-hybridized carbons (Fsp3) is 0.294. The van der Waals surface area contributed by atoms with Crippen LogP contribution < -0.4 is 14.8 Å². The van der Waals surface area contributed by atoms with E-state index in [0.717, 1.165) is 29.6 Å². The molecule has 20 heavy (non-hydrogen) atoms. The van der Waals surface area contributed by atoms with Crippen molar-refractivity contribution in [3.63, 3.8) is 0 Å². The highest BCUT2D eigenvalue weighted by atomic mass is 16.7. The lowest BCUT2D eigenvalue weighted by atomic mass is 10.1. The van der Waals surface area contributed by atoms with E-state index in [-0.39, 0.29) is 0 Å². The van der Waals surface area contributed by atoms with E-state index in [2.05, 4.69) is 29.6 Å². The van der Waals surface area contributed by atoms with Crippen molar-refractivity contribution in [2.45, 2.75) is 25.3 Å². The summed E-state index contributed by atoms with van der Waals surface area (Å²) in [6.07, 6.45) is 2.69. The second kappa shape index (κ2) is 4.75. The molecule has 1 saturated carbocycles. The van der Waals surface area contributed by atoms with Crippen molar-refractivity contribution in [3.05, 3.63) is 53.6 Å². The van der Waals surface area contributed by atoms with Crippen LogP contribution in [0.5, 0.6) is 11.5 Å². The van der Waals surface area contributed by atoms with Gasteiger partial charge in [0.25, 0.3) is 0 Å². The molecule has 0 unspecified atom stereocenters. The molecule has 0 radical (unpaired) electrons. The van der Waals surface area contributed by atoms with Crippen LogP contribution in [-0.4, -0.2) is 6.79 Å². The Labute approximate surface area is 118 Å². The summed E-state index contributed by atoms with van der Waals surface area (Å²) in [5, 5.41) is 3.44. The summed E-state index contributed by atoms with van der Waals surface area (Å²) in [6.45, 7) is 1.16. The molecule has 0 spiro atoms. The number of anilines is 1. The molecule has 1 aliphatic heterocycles. The maximum absolute atomic E-state index is 5.39. The predicted octanol–water partition coefficient (Wildman–Crippen LogP) is 3.90. The van der Waals surface area contributed by atoms with Crippen LogP contribution in [0.4, 0.5) is 5.69 Å². The van der Waals surface area contributed by atoms with Gasteiger partial charge in [-0.1, -0.05) is 24.3 Å². The molecule has 3 heteroatoms. The molecule has 0 bridgehead atoms. The Kier molecular flexibility index (Phi) is 2.76. The second-order valence-corrected chi connectivity index (χ2v) is 5.44. The van der Waals surface area contributed by atoms with Gasteiger partial charge in [0.2, 0.25) is 6.79 Å². The van der Waals surface area contributed by atoms with Crippen molar-refractivity contribution in [2.75, 3.05) is 12.1 Å². The number of benzene rings is 2. The summed E-state index contributed by atoms with van der Waals surface area (Å²) < 4.78 is 10.7. The van der Waals surface area contributed by atoms with Gasteiger partial charge in [0.1, 0.15) is 0 Å². The second-order valence-electron chi connectivity index (χ2n) is 5.44. The number of nitrogens with one attached hydrogen (secondary N) is 1. The minimum Gasteiger partial charge on any atom is -0.454 e. The first-order valence-corrected chi connectivity index (χ1v) is 7.11. The zero-order valence-electron chi connectivity index (χ0n) is 11.3. The summed E-state index contributed by atoms with van der Waals surface area (Å²) in [4.78, 5) is 0. The van der Waals surface area contributed by atoms with Crippen molar-refractivity contribution in [3.8, 4) is 11.5 Å². The SMILES string of the molecule is c1cc(CNc2ccc3c(c2)OCO3)cc(C2CC2)c1. The van der Waals surface area contributed by atoms with E-state index in [1.165, 1.54) is 24.0 Å². The zero-order valence-corrected chi connectivity index (χ0v) is 11.3. The molecule has 0 aromatic heterocycles. The molecule has 0 saturated heterocycles. The first-order valence-electron chi connectivity index (χ1n) is 7.11. The third kappa shape index (κ3) is 2.31. The van der Waals surface area contributed by atoms with Crippen molar-refractivity contribution in [2.24, 2.45) is 0 Å². The largest absolute Gasteiger partial charge is 0.454 e. The van der Waals surface area contributed by atoms with Crippen molar-refractivity contribution in [1.82, 2.24) is 0 Å². The smallest absolute Gasteiger partial charge is 0.231 e. The van der Waals surface area contributed by atoms with E-state index in [0.29, 0.717) is 6.79 Å². The van der Waals surface area contributed by atoms with Crippen LogP contribution in [0.1, 0.15) is 29.9 Å². The van der Waals surface area contributed by atoms with Crippen molar-refractivity contribution >= 4 is 5.69 Å². The Hall–Kier alpha value is -2.16. The minimum absolute atomic E-state index is 0.322. The van der Waals surface area contributed by atoms with Crippen LogP contribution in [0.2, 0.25) is 0 Å². The van der Waals surface area contributed by atoms with E-state index in [1.807, 2.05) is 18.2 Å². The maximum atomic E-state index is 5.39. The molecule has 2 aromatic carbocycles. The Morgan fingerprint density at radius 3 is 2.80 bits per heavy atom. The van der Waals surface area contributed by atoms with E-state index < -0.39 is 0 Å². The molecule has 4 rings (SSSR count). The van der Waals surface area contributed by atoms with Crippen molar-refractivity contribution in [1.29, 1.82) is 0 Å². The maximum Gasteiger partial charge on any atom is 0.231 e. The quantitative estimate of drug-likeness (QED) is 0.911. The van der Waals surface area contributed by atoms with E-state index in [9.17, 15) is 0 Å². The van der Waals surface area contributed by atoms with Gasteiger partial charge in [0.05, 0.1) is 0 Å². The molecular weight excluding hydrogens is 250 g/mol. The highest BCUT2D eigenvalue weighted by Crippen LogP contribution is 2.40. The molecule has 1 N–H and O–H groups in total. The topological polar surface area (TPSA) is 30.5 Å². The van der Waals surface area contributed by atoms with Gasteiger partial charge in [-0.2, -0.15) is 0 Å². The first kappa shape index (κ1) is 11.6. The molecule has 3 nitrogen and oxygen atoms in total. The van der Waals surface area contributed by atoms with Gasteiger partial charge in [-0.3, -0.25) is 0 Å². The predicted molar refractivity (Wildman–Crippen MR) is 78.3 cm³/mol. The minimum atomic E-state index is 0.322. The molecule has 1 fully saturated rings. The van der Waals surface area contributed by atoms with Crippen LogP contribution in [0.25, 0.3) is 0 Å².